The Morgan fingerprint density at radius 2 is 2.25 bits per heavy atom. The van der Waals surface area contributed by atoms with Gasteiger partial charge in [-0.25, -0.2) is 4.39 Å². The van der Waals surface area contributed by atoms with Crippen LogP contribution in [0.15, 0.2) is 22.7 Å². The second-order valence-electron chi connectivity index (χ2n) is 3.45. The summed E-state index contributed by atoms with van der Waals surface area (Å²) in [5.74, 6) is -0.904. The van der Waals surface area contributed by atoms with Gasteiger partial charge in [-0.1, -0.05) is 22.0 Å². The van der Waals surface area contributed by atoms with E-state index < -0.39 is 5.82 Å². The van der Waals surface area contributed by atoms with Crippen LogP contribution in [0.1, 0.15) is 23.7 Å². The van der Waals surface area contributed by atoms with Crippen molar-refractivity contribution in [3.63, 3.8) is 0 Å². The van der Waals surface area contributed by atoms with Gasteiger partial charge < -0.3 is 5.32 Å². The van der Waals surface area contributed by atoms with E-state index in [1.54, 1.807) is 12.1 Å². The normalized spacial score (nSPS) is 12.2. The molecule has 0 aliphatic rings. The zero-order valence-electron chi connectivity index (χ0n) is 8.77. The first-order valence-electron chi connectivity index (χ1n) is 4.87. The number of amides is 1. The van der Waals surface area contributed by atoms with Crippen LogP contribution in [-0.2, 0) is 0 Å². The molecule has 1 atom stereocenters. The third kappa shape index (κ3) is 3.56. The van der Waals surface area contributed by atoms with Gasteiger partial charge in [0.1, 0.15) is 5.82 Å². The molecule has 0 aliphatic carbocycles. The van der Waals surface area contributed by atoms with Crippen LogP contribution < -0.4 is 5.32 Å². The minimum absolute atomic E-state index is 0.0188. The molecule has 0 aromatic heterocycles. The summed E-state index contributed by atoms with van der Waals surface area (Å²) in [6, 6.07) is 4.69. The van der Waals surface area contributed by atoms with E-state index in [4.69, 9.17) is 0 Å². The summed E-state index contributed by atoms with van der Waals surface area (Å²) in [4.78, 5) is 11.7. The van der Waals surface area contributed by atoms with E-state index in [-0.39, 0.29) is 17.5 Å². The van der Waals surface area contributed by atoms with Crippen molar-refractivity contribution in [1.29, 1.82) is 0 Å². The minimum Gasteiger partial charge on any atom is -0.349 e. The Labute approximate surface area is 111 Å². The highest BCUT2D eigenvalue weighted by atomic mass is 79.9. The number of rotatable bonds is 4. The van der Waals surface area contributed by atoms with Crippen LogP contribution in [0, 0.1) is 5.82 Å². The third-order valence-electron chi connectivity index (χ3n) is 2.12. The molecule has 1 aromatic rings. The quantitative estimate of drug-likeness (QED) is 0.825. The Balaban J connectivity index is 2.77. The van der Waals surface area contributed by atoms with Crippen LogP contribution in [0.3, 0.4) is 0 Å². The fourth-order valence-electron chi connectivity index (χ4n) is 1.22. The van der Waals surface area contributed by atoms with Gasteiger partial charge in [0.25, 0.3) is 5.91 Å². The Kier molecular flexibility index (Phi) is 5.41. The molecule has 0 saturated heterocycles. The van der Waals surface area contributed by atoms with Crippen molar-refractivity contribution in [3.05, 3.63) is 34.1 Å². The van der Waals surface area contributed by atoms with Crippen molar-refractivity contribution < 1.29 is 9.18 Å². The van der Waals surface area contributed by atoms with Crippen LogP contribution in [0.4, 0.5) is 4.39 Å². The lowest BCUT2D eigenvalue weighted by Gasteiger charge is -2.12. The van der Waals surface area contributed by atoms with Crippen molar-refractivity contribution in [2.45, 2.75) is 19.4 Å². The number of alkyl halides is 1. The number of nitrogens with one attached hydrogen (secondary N) is 1. The molecule has 0 aliphatic heterocycles. The number of carbonyl (C=O) groups excluding carboxylic acids is 1. The van der Waals surface area contributed by atoms with Gasteiger partial charge in [0, 0.05) is 11.4 Å². The third-order valence-corrected chi connectivity index (χ3v) is 3.19. The monoisotopic (exact) mass is 351 g/mol. The summed E-state index contributed by atoms with van der Waals surface area (Å²) in [5, 5.41) is 3.54. The molecule has 1 aromatic carbocycles. The van der Waals surface area contributed by atoms with Crippen molar-refractivity contribution in [1.82, 2.24) is 5.32 Å². The Morgan fingerprint density at radius 1 is 1.56 bits per heavy atom. The van der Waals surface area contributed by atoms with E-state index in [1.165, 1.54) is 6.07 Å². The van der Waals surface area contributed by atoms with E-state index in [1.807, 2.05) is 6.92 Å². The first-order chi connectivity index (χ1) is 7.56. The predicted molar refractivity (Wildman–Crippen MR) is 69.4 cm³/mol. The maximum atomic E-state index is 13.6. The zero-order chi connectivity index (χ0) is 12.1. The molecular formula is C11H12Br2FNO. The Hall–Kier alpha value is -0.420. The Morgan fingerprint density at radius 3 is 2.88 bits per heavy atom. The van der Waals surface area contributed by atoms with E-state index in [9.17, 15) is 9.18 Å². The first kappa shape index (κ1) is 13.6. The molecule has 0 saturated carbocycles. The lowest BCUT2D eigenvalue weighted by Crippen LogP contribution is -2.33. The molecule has 1 rings (SSSR count). The summed E-state index contributed by atoms with van der Waals surface area (Å²) >= 11 is 6.34. The molecule has 0 bridgehead atoms. The fourth-order valence-corrected chi connectivity index (χ4v) is 2.27. The van der Waals surface area contributed by atoms with Crippen molar-refractivity contribution in [2.24, 2.45) is 0 Å². The maximum Gasteiger partial charge on any atom is 0.254 e. The summed E-state index contributed by atoms with van der Waals surface area (Å²) in [6.45, 7) is 1.88. The molecule has 2 nitrogen and oxygen atoms in total. The molecule has 1 amide bonds. The maximum absolute atomic E-state index is 13.6. The highest BCUT2D eigenvalue weighted by molar-refractivity contribution is 9.10. The predicted octanol–water partition coefficient (Wildman–Crippen LogP) is 3.49. The fraction of sp³-hybridized carbons (Fsp3) is 0.364. The van der Waals surface area contributed by atoms with E-state index in [0.717, 1.165) is 11.8 Å². The highest BCUT2D eigenvalue weighted by Crippen LogP contribution is 2.18. The van der Waals surface area contributed by atoms with Gasteiger partial charge in [-0.2, -0.15) is 0 Å². The molecule has 0 spiro atoms. The summed E-state index contributed by atoms with van der Waals surface area (Å²) in [5.41, 5.74) is 0.0656. The average molecular weight is 353 g/mol. The van der Waals surface area contributed by atoms with Gasteiger partial charge >= 0.3 is 0 Å². The summed E-state index contributed by atoms with van der Waals surface area (Å²) in [7, 11) is 0. The number of carbonyl (C=O) groups is 1. The largest absolute Gasteiger partial charge is 0.349 e. The average Bonchev–Trinajstić information content (AvgIpc) is 2.22. The molecule has 1 unspecified atom stereocenters. The summed E-state index contributed by atoms with van der Waals surface area (Å²) < 4.78 is 13.9. The number of halogens is 3. The lowest BCUT2D eigenvalue weighted by atomic mass is 10.1. The number of hydrogen-bond acceptors (Lipinski definition) is 1. The van der Waals surface area contributed by atoms with Gasteiger partial charge in [0.2, 0.25) is 0 Å². The van der Waals surface area contributed by atoms with Crippen molar-refractivity contribution in [3.8, 4) is 0 Å². The molecular weight excluding hydrogens is 341 g/mol. The molecule has 0 heterocycles. The molecule has 5 heteroatoms. The van der Waals surface area contributed by atoms with Crippen LogP contribution >= 0.6 is 31.9 Å². The van der Waals surface area contributed by atoms with Crippen LogP contribution in [0.5, 0.6) is 0 Å². The molecule has 88 valence electrons. The molecule has 0 fully saturated rings. The van der Waals surface area contributed by atoms with Gasteiger partial charge in [-0.15, -0.1) is 0 Å². The second-order valence-corrected chi connectivity index (χ2v) is 5.10. The van der Waals surface area contributed by atoms with Gasteiger partial charge in [0.05, 0.1) is 10.0 Å². The number of hydrogen-bond donors (Lipinski definition) is 1. The smallest absolute Gasteiger partial charge is 0.254 e. The van der Waals surface area contributed by atoms with Gasteiger partial charge in [0.15, 0.2) is 0 Å². The van der Waals surface area contributed by atoms with Crippen LogP contribution in [-0.4, -0.2) is 17.3 Å². The summed E-state index contributed by atoms with van der Waals surface area (Å²) in [6.07, 6.45) is 0.807. The van der Waals surface area contributed by atoms with E-state index >= 15 is 0 Å². The van der Waals surface area contributed by atoms with E-state index in [0.29, 0.717) is 4.47 Å². The van der Waals surface area contributed by atoms with Crippen LogP contribution in [0.2, 0.25) is 0 Å². The molecule has 16 heavy (non-hydrogen) atoms. The number of benzene rings is 1. The zero-order valence-corrected chi connectivity index (χ0v) is 11.9. The molecule has 1 N–H and O–H groups in total. The standard InChI is InChI=1S/C11H12Br2FNO/c1-7(5-6-12)15-11(16)8-3-2-4-9(13)10(8)14/h2-4,7H,5-6H2,1H3,(H,15,16). The van der Waals surface area contributed by atoms with Gasteiger partial charge in [-0.3, -0.25) is 4.79 Å². The topological polar surface area (TPSA) is 29.1 Å². The van der Waals surface area contributed by atoms with Crippen molar-refractivity contribution >= 4 is 37.8 Å². The highest BCUT2D eigenvalue weighted by Gasteiger charge is 2.15. The Bertz CT molecular complexity index is 384. The first-order valence-corrected chi connectivity index (χ1v) is 6.78. The van der Waals surface area contributed by atoms with Crippen molar-refractivity contribution in [2.75, 3.05) is 5.33 Å². The minimum atomic E-state index is -0.522. The molecule has 0 radical (unpaired) electrons. The lowest BCUT2D eigenvalue weighted by molar-refractivity contribution is 0.0935. The van der Waals surface area contributed by atoms with Crippen LogP contribution in [0.25, 0.3) is 0 Å². The van der Waals surface area contributed by atoms with Gasteiger partial charge in [-0.05, 0) is 41.4 Å². The SMILES string of the molecule is CC(CCBr)NC(=O)c1cccc(Br)c1F. The second kappa shape index (κ2) is 6.35. The van der Waals surface area contributed by atoms with E-state index in [2.05, 4.69) is 37.2 Å².